The molecule has 1 fully saturated rings. The number of carbonyl (C=O) groups is 2. The number of hydrogen-bond acceptors (Lipinski definition) is 8. The van der Waals surface area contributed by atoms with Crippen LogP contribution in [0.1, 0.15) is 41.0 Å². The Labute approximate surface area is 273 Å². The van der Waals surface area contributed by atoms with Crippen molar-refractivity contribution in [1.82, 2.24) is 19.3 Å². The van der Waals surface area contributed by atoms with Gasteiger partial charge >= 0.3 is 5.97 Å². The summed E-state index contributed by atoms with van der Waals surface area (Å²) in [5.74, 6) is 3.25. The molecule has 0 unspecified atom stereocenters. The van der Waals surface area contributed by atoms with E-state index in [0.717, 1.165) is 24.1 Å². The number of anilines is 2. The fraction of sp³-hybridized carbons (Fsp3) is 0.323. The third kappa shape index (κ3) is 9.96. The Balaban J connectivity index is 1.34. The Morgan fingerprint density at radius 3 is 2.23 bits per heavy atom. The SMILES string of the molecule is CC(C)[C@@H](NS(=O)(=O)N1CCN(c2ccc(C#Cc3ccnc(C(=O)NCc4ccc(F)cc4NS(C)(=O)=O)c3)cc2)CC1)C(=O)O. The Hall–Kier alpha value is -4.56. The summed E-state index contributed by atoms with van der Waals surface area (Å²) in [4.78, 5) is 30.3. The minimum atomic E-state index is -3.96. The molecule has 0 radical (unpaired) electrons. The summed E-state index contributed by atoms with van der Waals surface area (Å²) >= 11 is 0. The van der Waals surface area contributed by atoms with Crippen LogP contribution in [0.3, 0.4) is 0 Å². The minimum absolute atomic E-state index is 0.0201. The molecule has 2 aromatic carbocycles. The molecule has 47 heavy (non-hydrogen) atoms. The van der Waals surface area contributed by atoms with Crippen molar-refractivity contribution in [1.29, 1.82) is 0 Å². The van der Waals surface area contributed by atoms with Crippen molar-refractivity contribution in [3.8, 4) is 11.8 Å². The largest absolute Gasteiger partial charge is 0.480 e. The summed E-state index contributed by atoms with van der Waals surface area (Å²) in [7, 11) is -7.62. The number of aliphatic carboxylic acids is 1. The first kappa shape index (κ1) is 35.3. The predicted molar refractivity (Wildman–Crippen MR) is 175 cm³/mol. The van der Waals surface area contributed by atoms with Crippen LogP contribution >= 0.6 is 0 Å². The van der Waals surface area contributed by atoms with E-state index in [0.29, 0.717) is 29.8 Å². The minimum Gasteiger partial charge on any atom is -0.480 e. The number of halogens is 1. The third-order valence-electron chi connectivity index (χ3n) is 7.17. The average molecular weight is 687 g/mol. The van der Waals surface area contributed by atoms with Gasteiger partial charge in [0.05, 0.1) is 11.9 Å². The van der Waals surface area contributed by atoms with Gasteiger partial charge in [0.25, 0.3) is 16.1 Å². The molecule has 1 amide bonds. The number of sulfonamides is 1. The molecule has 0 aliphatic carbocycles. The summed E-state index contributed by atoms with van der Waals surface area (Å²) in [6.07, 6.45) is 2.38. The van der Waals surface area contributed by atoms with Crippen LogP contribution in [-0.2, 0) is 31.6 Å². The first-order valence-corrected chi connectivity index (χ1v) is 17.8. The number of carbonyl (C=O) groups excluding carboxylic acids is 1. The molecule has 4 N–H and O–H groups in total. The zero-order chi connectivity index (χ0) is 34.4. The molecule has 13 nitrogen and oxygen atoms in total. The van der Waals surface area contributed by atoms with Crippen LogP contribution in [0.4, 0.5) is 15.8 Å². The van der Waals surface area contributed by atoms with Gasteiger partial charge in [-0.25, -0.2) is 12.8 Å². The van der Waals surface area contributed by atoms with Crippen LogP contribution in [0.2, 0.25) is 0 Å². The van der Waals surface area contributed by atoms with E-state index in [1.54, 1.807) is 19.9 Å². The zero-order valence-corrected chi connectivity index (χ0v) is 27.5. The number of nitrogens with one attached hydrogen (secondary N) is 3. The molecule has 1 aromatic heterocycles. The number of aromatic nitrogens is 1. The molecule has 4 rings (SSSR count). The van der Waals surface area contributed by atoms with Gasteiger partial charge in [-0.1, -0.05) is 31.8 Å². The van der Waals surface area contributed by atoms with Gasteiger partial charge in [0.1, 0.15) is 17.6 Å². The number of hydrogen-bond donors (Lipinski definition) is 4. The number of piperazine rings is 1. The summed E-state index contributed by atoms with van der Waals surface area (Å²) in [5.41, 5.74) is 2.59. The lowest BCUT2D eigenvalue weighted by atomic mass is 10.1. The number of benzene rings is 2. The quantitative estimate of drug-likeness (QED) is 0.220. The summed E-state index contributed by atoms with van der Waals surface area (Å²) < 4.78 is 68.2. The van der Waals surface area contributed by atoms with Crippen molar-refractivity contribution in [2.45, 2.75) is 26.4 Å². The fourth-order valence-electron chi connectivity index (χ4n) is 4.69. The van der Waals surface area contributed by atoms with Gasteiger partial charge in [-0.2, -0.15) is 17.4 Å². The van der Waals surface area contributed by atoms with E-state index in [4.69, 9.17) is 0 Å². The van der Waals surface area contributed by atoms with E-state index in [9.17, 15) is 35.9 Å². The van der Waals surface area contributed by atoms with Gasteiger partial charge in [0, 0.05) is 55.7 Å². The third-order valence-corrected chi connectivity index (χ3v) is 9.36. The van der Waals surface area contributed by atoms with Crippen molar-refractivity contribution in [2.75, 3.05) is 42.1 Å². The topological polar surface area (TPSA) is 178 Å². The van der Waals surface area contributed by atoms with Crippen molar-refractivity contribution in [3.63, 3.8) is 0 Å². The van der Waals surface area contributed by atoms with Gasteiger partial charge < -0.3 is 15.3 Å². The van der Waals surface area contributed by atoms with E-state index in [-0.39, 0.29) is 31.0 Å². The van der Waals surface area contributed by atoms with Crippen molar-refractivity contribution < 1.29 is 35.9 Å². The highest BCUT2D eigenvalue weighted by Crippen LogP contribution is 2.20. The van der Waals surface area contributed by atoms with Gasteiger partial charge in [0.15, 0.2) is 0 Å². The molecular weight excluding hydrogens is 652 g/mol. The highest BCUT2D eigenvalue weighted by Gasteiger charge is 2.33. The van der Waals surface area contributed by atoms with Crippen molar-refractivity contribution in [2.24, 2.45) is 5.92 Å². The molecular formula is C31H35FN6O7S2. The molecule has 1 aliphatic rings. The second-order valence-corrected chi connectivity index (χ2v) is 14.6. The van der Waals surface area contributed by atoms with Crippen LogP contribution in [0.25, 0.3) is 0 Å². The smallest absolute Gasteiger partial charge is 0.322 e. The number of carboxylic acids is 1. The normalized spacial score (nSPS) is 14.6. The summed E-state index contributed by atoms with van der Waals surface area (Å²) in [6, 6.07) is 12.9. The van der Waals surface area contributed by atoms with Crippen molar-refractivity contribution in [3.05, 3.63) is 89.0 Å². The maximum atomic E-state index is 13.7. The molecule has 2 heterocycles. The monoisotopic (exact) mass is 686 g/mol. The summed E-state index contributed by atoms with van der Waals surface area (Å²) in [6.45, 7) is 4.43. The lowest BCUT2D eigenvalue weighted by molar-refractivity contribution is -0.140. The van der Waals surface area contributed by atoms with Crippen LogP contribution in [-0.4, -0.2) is 81.6 Å². The standard InChI is InChI=1S/C31H35FN6O7S2/c1-21(2)29(31(40)41)36-47(44,45)38-16-14-37(15-17-38)26-10-6-22(7-11-26)4-5-23-12-13-33-28(18-23)30(39)34-20-24-8-9-25(32)19-27(24)35-46(3,42)43/h6-13,18-19,21,29,35-36H,14-17,20H2,1-3H3,(H,34,39)(H,40,41)/t29-/m1/s1. The van der Waals surface area contributed by atoms with Crippen LogP contribution in [0, 0.1) is 23.6 Å². The Morgan fingerprint density at radius 2 is 1.62 bits per heavy atom. The van der Waals surface area contributed by atoms with E-state index >= 15 is 0 Å². The number of pyridine rings is 1. The molecule has 0 bridgehead atoms. The second kappa shape index (κ2) is 14.9. The van der Waals surface area contributed by atoms with Gasteiger partial charge in [-0.05, 0) is 60.0 Å². The van der Waals surface area contributed by atoms with E-state index in [2.05, 4.69) is 31.6 Å². The summed E-state index contributed by atoms with van der Waals surface area (Å²) in [5, 5.41) is 12.0. The molecule has 1 saturated heterocycles. The van der Waals surface area contributed by atoms with E-state index in [1.807, 2.05) is 29.2 Å². The highest BCUT2D eigenvalue weighted by molar-refractivity contribution is 7.92. The Morgan fingerprint density at radius 1 is 0.957 bits per heavy atom. The molecule has 3 aromatic rings. The molecule has 1 atom stereocenters. The molecule has 0 saturated carbocycles. The van der Waals surface area contributed by atoms with Gasteiger partial charge in [0.2, 0.25) is 10.0 Å². The Kier molecular flexibility index (Phi) is 11.2. The first-order valence-electron chi connectivity index (χ1n) is 14.5. The maximum Gasteiger partial charge on any atom is 0.322 e. The number of amides is 1. The number of rotatable bonds is 11. The molecule has 0 spiro atoms. The average Bonchev–Trinajstić information content (AvgIpc) is 3.01. The van der Waals surface area contributed by atoms with Gasteiger partial charge in [-0.15, -0.1) is 0 Å². The van der Waals surface area contributed by atoms with Crippen molar-refractivity contribution >= 4 is 43.5 Å². The van der Waals surface area contributed by atoms with E-state index in [1.165, 1.54) is 22.6 Å². The molecule has 250 valence electrons. The highest BCUT2D eigenvalue weighted by atomic mass is 32.2. The van der Waals surface area contributed by atoms with Gasteiger partial charge in [-0.3, -0.25) is 19.3 Å². The number of nitrogens with zero attached hydrogens (tertiary/aromatic N) is 3. The molecule has 16 heteroatoms. The number of carboxylic acid groups (broad SMARTS) is 1. The molecule has 1 aliphatic heterocycles. The second-order valence-electron chi connectivity index (χ2n) is 11.2. The van der Waals surface area contributed by atoms with E-state index < -0.39 is 49.9 Å². The Bertz CT molecular complexity index is 1900. The maximum absolute atomic E-state index is 13.7. The lowest BCUT2D eigenvalue weighted by Crippen LogP contribution is -2.55. The van der Waals surface area contributed by atoms with Crippen LogP contribution in [0.15, 0.2) is 60.8 Å². The lowest BCUT2D eigenvalue weighted by Gasteiger charge is -2.36. The van der Waals surface area contributed by atoms with Crippen LogP contribution in [0.5, 0.6) is 0 Å². The predicted octanol–water partition coefficient (Wildman–Crippen LogP) is 1.99. The van der Waals surface area contributed by atoms with Crippen LogP contribution < -0.4 is 19.7 Å². The zero-order valence-electron chi connectivity index (χ0n) is 25.9. The first-order chi connectivity index (χ1) is 22.1. The fourth-order valence-corrected chi connectivity index (χ4v) is 6.77.